The Morgan fingerprint density at radius 3 is 2.46 bits per heavy atom. The first-order chi connectivity index (χ1) is 12.4. The number of nitrogens with zero attached hydrogens (tertiary/aromatic N) is 1. The zero-order valence-corrected chi connectivity index (χ0v) is 15.3. The number of benzene rings is 2. The van der Waals surface area contributed by atoms with Gasteiger partial charge in [-0.3, -0.25) is 9.59 Å². The third kappa shape index (κ3) is 4.97. The van der Waals surface area contributed by atoms with Crippen molar-refractivity contribution in [1.82, 2.24) is 5.43 Å². The summed E-state index contributed by atoms with van der Waals surface area (Å²) in [4.78, 5) is 23.8. The van der Waals surface area contributed by atoms with Gasteiger partial charge in [-0.05, 0) is 48.4 Å². The molecule has 2 rings (SSSR count). The summed E-state index contributed by atoms with van der Waals surface area (Å²) in [6, 6.07) is 10.1. The second kappa shape index (κ2) is 8.87. The van der Waals surface area contributed by atoms with Crippen molar-refractivity contribution in [3.8, 4) is 11.5 Å². The van der Waals surface area contributed by atoms with E-state index in [4.69, 9.17) is 21.1 Å². The molecule has 0 spiro atoms. The van der Waals surface area contributed by atoms with Gasteiger partial charge in [-0.1, -0.05) is 17.7 Å². The highest BCUT2D eigenvalue weighted by Crippen LogP contribution is 2.26. The molecule has 2 aromatic carbocycles. The minimum atomic E-state index is -0.902. The van der Waals surface area contributed by atoms with E-state index in [9.17, 15) is 9.59 Å². The number of hydrazone groups is 1. The second-order valence-corrected chi connectivity index (χ2v) is 5.66. The predicted octanol–water partition coefficient (Wildman–Crippen LogP) is 2.75. The number of carbonyl (C=O) groups is 2. The zero-order valence-electron chi connectivity index (χ0n) is 14.5. The molecule has 7 nitrogen and oxygen atoms in total. The van der Waals surface area contributed by atoms with Crippen LogP contribution in [-0.2, 0) is 9.59 Å². The van der Waals surface area contributed by atoms with Crippen LogP contribution in [0.15, 0.2) is 41.5 Å². The number of carbonyl (C=O) groups excluding carboxylic acids is 2. The van der Waals surface area contributed by atoms with E-state index < -0.39 is 11.8 Å². The minimum absolute atomic E-state index is 0.456. The standard InChI is InChI=1S/C18H18ClN3O4/c1-11-4-6-13(19)9-14(11)21-17(23)18(24)22-20-10-12-5-7-15(25-2)16(8-12)26-3/h4-10H,1-3H3,(H,21,23)(H,22,24)/b20-10+. The molecule has 2 amide bonds. The molecule has 0 unspecified atom stereocenters. The summed E-state index contributed by atoms with van der Waals surface area (Å²) in [6.45, 7) is 1.79. The van der Waals surface area contributed by atoms with Gasteiger partial charge in [0.15, 0.2) is 11.5 Å². The molecule has 0 aliphatic carbocycles. The van der Waals surface area contributed by atoms with Crippen LogP contribution in [0.5, 0.6) is 11.5 Å². The second-order valence-electron chi connectivity index (χ2n) is 5.23. The van der Waals surface area contributed by atoms with E-state index in [1.54, 1.807) is 43.3 Å². The lowest BCUT2D eigenvalue weighted by Gasteiger charge is -2.08. The van der Waals surface area contributed by atoms with Crippen LogP contribution in [0.4, 0.5) is 5.69 Å². The number of halogens is 1. The van der Waals surface area contributed by atoms with Gasteiger partial charge in [0, 0.05) is 10.7 Å². The van der Waals surface area contributed by atoms with Gasteiger partial charge in [-0.15, -0.1) is 0 Å². The Hall–Kier alpha value is -3.06. The predicted molar refractivity (Wildman–Crippen MR) is 100 cm³/mol. The zero-order chi connectivity index (χ0) is 19.1. The molecule has 0 aliphatic heterocycles. The van der Waals surface area contributed by atoms with E-state index in [0.29, 0.717) is 27.8 Å². The van der Waals surface area contributed by atoms with Gasteiger partial charge in [0.2, 0.25) is 0 Å². The van der Waals surface area contributed by atoms with Crippen LogP contribution in [0.2, 0.25) is 5.02 Å². The maximum Gasteiger partial charge on any atom is 0.329 e. The molecular formula is C18H18ClN3O4. The fraction of sp³-hybridized carbons (Fsp3) is 0.167. The average Bonchev–Trinajstić information content (AvgIpc) is 2.64. The number of hydrogen-bond donors (Lipinski definition) is 2. The quantitative estimate of drug-likeness (QED) is 0.477. The Bertz CT molecular complexity index is 852. The Morgan fingerprint density at radius 2 is 1.77 bits per heavy atom. The molecule has 136 valence electrons. The SMILES string of the molecule is COc1ccc(/C=N/NC(=O)C(=O)Nc2cc(Cl)ccc2C)cc1OC. The molecule has 0 bridgehead atoms. The summed E-state index contributed by atoms with van der Waals surface area (Å²) in [6.07, 6.45) is 1.39. The molecule has 0 aliphatic rings. The van der Waals surface area contributed by atoms with Crippen LogP contribution < -0.4 is 20.2 Å². The molecule has 2 aromatic rings. The van der Waals surface area contributed by atoms with Crippen molar-refractivity contribution in [3.05, 3.63) is 52.5 Å². The summed E-state index contributed by atoms with van der Waals surface area (Å²) >= 11 is 5.88. The van der Waals surface area contributed by atoms with Crippen LogP contribution in [-0.4, -0.2) is 32.2 Å². The van der Waals surface area contributed by atoms with E-state index in [2.05, 4.69) is 15.8 Å². The Balaban J connectivity index is 1.98. The largest absolute Gasteiger partial charge is 0.493 e. The maximum absolute atomic E-state index is 11.9. The third-order valence-electron chi connectivity index (χ3n) is 3.44. The van der Waals surface area contributed by atoms with Crippen molar-refractivity contribution in [1.29, 1.82) is 0 Å². The van der Waals surface area contributed by atoms with Crippen LogP contribution in [0, 0.1) is 6.92 Å². The fourth-order valence-corrected chi connectivity index (χ4v) is 2.23. The number of methoxy groups -OCH3 is 2. The lowest BCUT2D eigenvalue weighted by molar-refractivity contribution is -0.136. The number of amides is 2. The highest BCUT2D eigenvalue weighted by molar-refractivity contribution is 6.40. The van der Waals surface area contributed by atoms with Crippen molar-refractivity contribution >= 4 is 35.3 Å². The molecule has 0 atom stereocenters. The van der Waals surface area contributed by atoms with Crippen molar-refractivity contribution in [2.45, 2.75) is 6.92 Å². The Kier molecular flexibility index (Phi) is 6.57. The molecule has 8 heteroatoms. The van der Waals surface area contributed by atoms with Crippen molar-refractivity contribution < 1.29 is 19.1 Å². The maximum atomic E-state index is 11.9. The molecule has 0 heterocycles. The summed E-state index contributed by atoms with van der Waals surface area (Å²) in [5.74, 6) is -0.650. The molecule has 26 heavy (non-hydrogen) atoms. The van der Waals surface area contributed by atoms with Gasteiger partial charge < -0.3 is 14.8 Å². The molecular weight excluding hydrogens is 358 g/mol. The van der Waals surface area contributed by atoms with Crippen LogP contribution >= 0.6 is 11.6 Å². The van der Waals surface area contributed by atoms with E-state index in [-0.39, 0.29) is 0 Å². The summed E-state index contributed by atoms with van der Waals surface area (Å²) in [5, 5.41) is 6.71. The highest BCUT2D eigenvalue weighted by atomic mass is 35.5. The smallest absolute Gasteiger partial charge is 0.329 e. The fourth-order valence-electron chi connectivity index (χ4n) is 2.06. The minimum Gasteiger partial charge on any atom is -0.493 e. The summed E-state index contributed by atoms with van der Waals surface area (Å²) in [7, 11) is 3.05. The molecule has 0 saturated heterocycles. The van der Waals surface area contributed by atoms with Gasteiger partial charge in [-0.2, -0.15) is 5.10 Å². The van der Waals surface area contributed by atoms with Crippen molar-refractivity contribution in [2.24, 2.45) is 5.10 Å². The number of nitrogens with one attached hydrogen (secondary N) is 2. The first-order valence-electron chi connectivity index (χ1n) is 7.57. The number of aryl methyl sites for hydroxylation is 1. The van der Waals surface area contributed by atoms with E-state index >= 15 is 0 Å². The summed E-state index contributed by atoms with van der Waals surface area (Å²) < 4.78 is 10.3. The van der Waals surface area contributed by atoms with E-state index in [1.807, 2.05) is 0 Å². The van der Waals surface area contributed by atoms with Crippen molar-refractivity contribution in [2.75, 3.05) is 19.5 Å². The normalized spacial score (nSPS) is 10.5. The molecule has 2 N–H and O–H groups in total. The van der Waals surface area contributed by atoms with Gasteiger partial charge >= 0.3 is 11.8 Å². The lowest BCUT2D eigenvalue weighted by atomic mass is 10.2. The monoisotopic (exact) mass is 375 g/mol. The van der Waals surface area contributed by atoms with Gasteiger partial charge in [-0.25, -0.2) is 5.43 Å². The molecule has 0 radical (unpaired) electrons. The number of rotatable bonds is 5. The number of anilines is 1. The molecule has 0 aromatic heterocycles. The van der Waals surface area contributed by atoms with Gasteiger partial charge in [0.25, 0.3) is 0 Å². The topological polar surface area (TPSA) is 89.0 Å². The van der Waals surface area contributed by atoms with Gasteiger partial charge in [0.05, 0.1) is 20.4 Å². The summed E-state index contributed by atoms with van der Waals surface area (Å²) in [5.41, 5.74) is 4.07. The Morgan fingerprint density at radius 1 is 1.04 bits per heavy atom. The van der Waals surface area contributed by atoms with E-state index in [0.717, 1.165) is 5.56 Å². The third-order valence-corrected chi connectivity index (χ3v) is 3.68. The first kappa shape index (κ1) is 19.3. The molecule has 0 fully saturated rings. The number of hydrogen-bond acceptors (Lipinski definition) is 5. The van der Waals surface area contributed by atoms with Crippen LogP contribution in [0.3, 0.4) is 0 Å². The highest BCUT2D eigenvalue weighted by Gasteiger charge is 2.14. The van der Waals surface area contributed by atoms with Crippen molar-refractivity contribution in [3.63, 3.8) is 0 Å². The van der Waals surface area contributed by atoms with Crippen LogP contribution in [0.1, 0.15) is 11.1 Å². The number of ether oxygens (including phenoxy) is 2. The van der Waals surface area contributed by atoms with Crippen LogP contribution in [0.25, 0.3) is 0 Å². The Labute approximate surface area is 155 Å². The van der Waals surface area contributed by atoms with E-state index in [1.165, 1.54) is 20.4 Å². The first-order valence-corrected chi connectivity index (χ1v) is 7.95. The lowest BCUT2D eigenvalue weighted by Crippen LogP contribution is -2.32. The van der Waals surface area contributed by atoms with Gasteiger partial charge in [0.1, 0.15) is 0 Å². The average molecular weight is 376 g/mol. The molecule has 0 saturated carbocycles.